The molecule has 0 saturated carbocycles. The molecular weight excluding hydrogens is 260 g/mol. The van der Waals surface area contributed by atoms with Crippen LogP contribution >= 0.6 is 11.6 Å². The maximum absolute atomic E-state index is 6.25. The average molecular weight is 283 g/mol. The molecule has 1 atom stereocenters. The topological polar surface area (TPSA) is 32.3 Å². The van der Waals surface area contributed by atoms with Crippen molar-refractivity contribution in [3.05, 3.63) is 16.5 Å². The van der Waals surface area contributed by atoms with E-state index in [0.717, 1.165) is 49.7 Å². The molecule has 4 nitrogen and oxygen atoms in total. The summed E-state index contributed by atoms with van der Waals surface area (Å²) >= 11 is 6.25. The van der Waals surface area contributed by atoms with Crippen LogP contribution in [0.15, 0.2) is 0 Å². The number of halogens is 1. The fraction of sp³-hybridized carbons (Fsp3) is 0.714. The number of hydrogen-bond acceptors (Lipinski definition) is 4. The molecular formula is C14H23ClN4. The minimum atomic E-state index is 0.446. The molecule has 0 spiro atoms. The highest BCUT2D eigenvalue weighted by molar-refractivity contribution is 6.30. The molecule has 0 radical (unpaired) electrons. The molecule has 19 heavy (non-hydrogen) atoms. The highest BCUT2D eigenvalue weighted by atomic mass is 35.5. The molecule has 0 aliphatic carbocycles. The average Bonchev–Trinajstić information content (AvgIpc) is 2.53. The van der Waals surface area contributed by atoms with E-state index in [9.17, 15) is 0 Å². The molecule has 1 aliphatic rings. The van der Waals surface area contributed by atoms with Gasteiger partial charge in [-0.3, -0.25) is 0 Å². The van der Waals surface area contributed by atoms with Gasteiger partial charge in [-0.1, -0.05) is 18.5 Å². The van der Waals surface area contributed by atoms with Crippen LogP contribution in [-0.2, 0) is 6.42 Å². The summed E-state index contributed by atoms with van der Waals surface area (Å²) in [5, 5.41) is 0.589. The van der Waals surface area contributed by atoms with E-state index in [1.54, 1.807) is 0 Å². The number of anilines is 1. The normalized spacial score (nSPS) is 21.5. The first-order valence-electron chi connectivity index (χ1n) is 7.01. The summed E-state index contributed by atoms with van der Waals surface area (Å²) < 4.78 is 0. The van der Waals surface area contributed by atoms with Crippen molar-refractivity contribution in [3.8, 4) is 0 Å². The van der Waals surface area contributed by atoms with E-state index in [1.807, 2.05) is 6.92 Å². The Hall–Kier alpha value is -0.870. The summed E-state index contributed by atoms with van der Waals surface area (Å²) in [6.45, 7) is 9.55. The largest absolute Gasteiger partial charge is 0.352 e. The summed E-state index contributed by atoms with van der Waals surface area (Å²) in [7, 11) is 2.18. The van der Waals surface area contributed by atoms with Crippen molar-refractivity contribution in [2.24, 2.45) is 0 Å². The van der Waals surface area contributed by atoms with Crippen LogP contribution in [0.25, 0.3) is 0 Å². The monoisotopic (exact) mass is 282 g/mol. The number of likely N-dealkylation sites (N-methyl/N-ethyl adjacent to an activating group) is 1. The second-order valence-electron chi connectivity index (χ2n) is 5.39. The lowest BCUT2D eigenvalue weighted by atomic mass is 10.2. The number of rotatable bonds is 2. The molecule has 0 amide bonds. The maximum Gasteiger partial charge on any atom is 0.137 e. The first-order chi connectivity index (χ1) is 9.02. The Labute approximate surface area is 120 Å². The molecule has 1 aliphatic heterocycles. The van der Waals surface area contributed by atoms with E-state index in [1.165, 1.54) is 0 Å². The van der Waals surface area contributed by atoms with Gasteiger partial charge in [-0.05, 0) is 33.9 Å². The molecule has 1 fully saturated rings. The first kappa shape index (κ1) is 14.5. The molecule has 5 heteroatoms. The molecule has 0 bridgehead atoms. The van der Waals surface area contributed by atoms with Crippen LogP contribution in [0.4, 0.5) is 5.82 Å². The highest BCUT2D eigenvalue weighted by Crippen LogP contribution is 2.26. The van der Waals surface area contributed by atoms with E-state index in [4.69, 9.17) is 16.6 Å². The second-order valence-corrected chi connectivity index (χ2v) is 5.75. The molecule has 1 saturated heterocycles. The SMILES string of the molecule is CCc1nc(Cl)c(C)c(N2CCCN(C)CC2C)n1. The van der Waals surface area contributed by atoms with Crippen molar-refractivity contribution in [1.82, 2.24) is 14.9 Å². The first-order valence-corrected chi connectivity index (χ1v) is 7.39. The van der Waals surface area contributed by atoms with Crippen LogP contribution in [0.2, 0.25) is 5.15 Å². The van der Waals surface area contributed by atoms with Crippen molar-refractivity contribution >= 4 is 17.4 Å². The lowest BCUT2D eigenvalue weighted by molar-refractivity contribution is 0.337. The van der Waals surface area contributed by atoms with Gasteiger partial charge in [0.05, 0.1) is 0 Å². The highest BCUT2D eigenvalue weighted by Gasteiger charge is 2.23. The number of aryl methyl sites for hydroxylation is 1. The van der Waals surface area contributed by atoms with E-state index in [0.29, 0.717) is 11.2 Å². The van der Waals surface area contributed by atoms with Crippen LogP contribution in [0.1, 0.15) is 31.7 Å². The molecule has 2 rings (SSSR count). The number of hydrogen-bond donors (Lipinski definition) is 0. The summed E-state index contributed by atoms with van der Waals surface area (Å²) in [5.74, 6) is 1.84. The molecule has 0 N–H and O–H groups in total. The minimum Gasteiger partial charge on any atom is -0.352 e. The van der Waals surface area contributed by atoms with Gasteiger partial charge in [0, 0.05) is 31.1 Å². The van der Waals surface area contributed by atoms with Gasteiger partial charge in [-0.15, -0.1) is 0 Å². The quantitative estimate of drug-likeness (QED) is 0.781. The third-order valence-corrected chi connectivity index (χ3v) is 4.11. The molecule has 106 valence electrons. The standard InChI is InChI=1S/C14H23ClN4/c1-5-12-16-13(15)11(3)14(17-12)19-8-6-7-18(4)9-10(19)2/h10H,5-9H2,1-4H3. The van der Waals surface area contributed by atoms with Gasteiger partial charge in [-0.2, -0.15) is 0 Å². The van der Waals surface area contributed by atoms with E-state index >= 15 is 0 Å². The Morgan fingerprint density at radius 2 is 2.05 bits per heavy atom. The second kappa shape index (κ2) is 6.06. The van der Waals surface area contributed by atoms with E-state index in [-0.39, 0.29) is 0 Å². The van der Waals surface area contributed by atoms with Crippen LogP contribution in [0, 0.1) is 6.92 Å². The van der Waals surface area contributed by atoms with Gasteiger partial charge in [0.15, 0.2) is 0 Å². The predicted octanol–water partition coefficient (Wildman–Crippen LogP) is 2.53. The van der Waals surface area contributed by atoms with Crippen LogP contribution in [0.5, 0.6) is 0 Å². The Morgan fingerprint density at radius 3 is 2.74 bits per heavy atom. The summed E-state index contributed by atoms with van der Waals surface area (Å²) in [5.41, 5.74) is 0.996. The predicted molar refractivity (Wildman–Crippen MR) is 80.1 cm³/mol. The van der Waals surface area contributed by atoms with Crippen LogP contribution in [-0.4, -0.2) is 47.6 Å². The Bertz CT molecular complexity index is 449. The smallest absolute Gasteiger partial charge is 0.137 e. The minimum absolute atomic E-state index is 0.446. The number of nitrogens with zero attached hydrogens (tertiary/aromatic N) is 4. The zero-order chi connectivity index (χ0) is 14.0. The maximum atomic E-state index is 6.25. The van der Waals surface area contributed by atoms with Gasteiger partial charge < -0.3 is 9.80 Å². The zero-order valence-electron chi connectivity index (χ0n) is 12.3. The van der Waals surface area contributed by atoms with Gasteiger partial charge in [0.1, 0.15) is 16.8 Å². The van der Waals surface area contributed by atoms with Crippen LogP contribution < -0.4 is 4.90 Å². The third-order valence-electron chi connectivity index (χ3n) is 3.74. The van der Waals surface area contributed by atoms with Crippen molar-refractivity contribution in [3.63, 3.8) is 0 Å². The Morgan fingerprint density at radius 1 is 1.32 bits per heavy atom. The van der Waals surface area contributed by atoms with Crippen molar-refractivity contribution in [1.29, 1.82) is 0 Å². The molecule has 1 aromatic heterocycles. The van der Waals surface area contributed by atoms with Crippen molar-refractivity contribution in [2.45, 2.75) is 39.7 Å². The van der Waals surface area contributed by atoms with Crippen molar-refractivity contribution in [2.75, 3.05) is 31.6 Å². The number of aromatic nitrogens is 2. The fourth-order valence-corrected chi connectivity index (χ4v) is 2.83. The van der Waals surface area contributed by atoms with Gasteiger partial charge in [0.2, 0.25) is 0 Å². The lowest BCUT2D eigenvalue weighted by Gasteiger charge is -2.30. The lowest BCUT2D eigenvalue weighted by Crippen LogP contribution is -2.39. The van der Waals surface area contributed by atoms with Gasteiger partial charge >= 0.3 is 0 Å². The van der Waals surface area contributed by atoms with Crippen molar-refractivity contribution < 1.29 is 0 Å². The Balaban J connectivity index is 2.36. The molecule has 1 aromatic rings. The molecule has 1 unspecified atom stereocenters. The Kier molecular flexibility index (Phi) is 4.63. The molecule has 0 aromatic carbocycles. The van der Waals surface area contributed by atoms with E-state index in [2.05, 4.69) is 35.7 Å². The summed E-state index contributed by atoms with van der Waals surface area (Å²) in [4.78, 5) is 13.8. The summed E-state index contributed by atoms with van der Waals surface area (Å²) in [6.07, 6.45) is 1.97. The van der Waals surface area contributed by atoms with E-state index < -0.39 is 0 Å². The third kappa shape index (κ3) is 3.18. The fourth-order valence-electron chi connectivity index (χ4n) is 2.65. The zero-order valence-corrected chi connectivity index (χ0v) is 13.0. The summed E-state index contributed by atoms with van der Waals surface area (Å²) in [6, 6.07) is 0.446. The van der Waals surface area contributed by atoms with Crippen LogP contribution in [0.3, 0.4) is 0 Å². The van der Waals surface area contributed by atoms with Gasteiger partial charge in [0.25, 0.3) is 0 Å². The van der Waals surface area contributed by atoms with Gasteiger partial charge in [-0.25, -0.2) is 9.97 Å². The molecule has 2 heterocycles.